The molecule has 0 bridgehead atoms. The zero-order chi connectivity index (χ0) is 15.8. The smallest absolute Gasteiger partial charge is 0.314 e. The van der Waals surface area contributed by atoms with Gasteiger partial charge in [0.2, 0.25) is 0 Å². The molecular weight excluding hydrogens is 288 g/mol. The first-order valence-corrected chi connectivity index (χ1v) is 9.11. The standard InChI is InChI=1S/C16H22O4S/c1-11-10-13(8-9-14(11)21(3,19)20)16(2,15(17)18)12-6-4-5-7-12/h8-10,12H,4-7H2,1-3H3,(H,17,18)/t16-/m1/s1. The molecule has 0 amide bonds. The highest BCUT2D eigenvalue weighted by Gasteiger charge is 2.44. The Morgan fingerprint density at radius 3 is 2.29 bits per heavy atom. The first kappa shape index (κ1) is 16.0. The summed E-state index contributed by atoms with van der Waals surface area (Å²) in [6.07, 6.45) is 5.12. The molecule has 0 spiro atoms. The monoisotopic (exact) mass is 310 g/mol. The molecule has 0 heterocycles. The molecule has 0 unspecified atom stereocenters. The molecular formula is C16H22O4S. The highest BCUT2D eigenvalue weighted by atomic mass is 32.2. The van der Waals surface area contributed by atoms with E-state index < -0.39 is 21.2 Å². The Kier molecular flexibility index (Phi) is 4.15. The van der Waals surface area contributed by atoms with Crippen molar-refractivity contribution >= 4 is 15.8 Å². The summed E-state index contributed by atoms with van der Waals surface area (Å²) in [5, 5.41) is 9.75. The molecule has 2 rings (SSSR count). The number of hydrogen-bond donors (Lipinski definition) is 1. The van der Waals surface area contributed by atoms with E-state index in [2.05, 4.69) is 0 Å². The van der Waals surface area contributed by atoms with Crippen LogP contribution in [0.3, 0.4) is 0 Å². The number of aryl methyl sites for hydroxylation is 1. The van der Waals surface area contributed by atoms with E-state index >= 15 is 0 Å². The highest BCUT2D eigenvalue weighted by molar-refractivity contribution is 7.90. The summed E-state index contributed by atoms with van der Waals surface area (Å²) in [4.78, 5) is 12.2. The van der Waals surface area contributed by atoms with Gasteiger partial charge in [-0.25, -0.2) is 8.42 Å². The Bertz CT molecular complexity index is 657. The number of benzene rings is 1. The van der Waals surface area contributed by atoms with Crippen molar-refractivity contribution in [2.75, 3.05) is 6.26 Å². The lowest BCUT2D eigenvalue weighted by atomic mass is 9.70. The second-order valence-electron chi connectivity index (χ2n) is 6.24. The third-order valence-electron chi connectivity index (χ3n) is 4.79. The van der Waals surface area contributed by atoms with Crippen molar-refractivity contribution in [3.8, 4) is 0 Å². The van der Waals surface area contributed by atoms with Crippen molar-refractivity contribution in [1.29, 1.82) is 0 Å². The minimum atomic E-state index is -3.28. The topological polar surface area (TPSA) is 71.4 Å². The molecule has 0 aliphatic heterocycles. The molecule has 1 aliphatic carbocycles. The van der Waals surface area contributed by atoms with E-state index in [4.69, 9.17) is 0 Å². The molecule has 1 aliphatic rings. The lowest BCUT2D eigenvalue weighted by molar-refractivity contribution is -0.145. The second-order valence-corrected chi connectivity index (χ2v) is 8.23. The van der Waals surface area contributed by atoms with E-state index in [9.17, 15) is 18.3 Å². The van der Waals surface area contributed by atoms with E-state index in [0.29, 0.717) is 11.1 Å². The van der Waals surface area contributed by atoms with Gasteiger partial charge in [0.05, 0.1) is 10.3 Å². The van der Waals surface area contributed by atoms with Gasteiger partial charge in [-0.15, -0.1) is 0 Å². The maximum absolute atomic E-state index is 11.9. The summed E-state index contributed by atoms with van der Waals surface area (Å²) >= 11 is 0. The lowest BCUT2D eigenvalue weighted by Gasteiger charge is -2.32. The fourth-order valence-corrected chi connectivity index (χ4v) is 4.38. The summed E-state index contributed by atoms with van der Waals surface area (Å²) in [6.45, 7) is 3.48. The van der Waals surface area contributed by atoms with Gasteiger partial charge in [0, 0.05) is 6.26 Å². The van der Waals surface area contributed by atoms with Crippen molar-refractivity contribution in [2.24, 2.45) is 5.92 Å². The summed E-state index contributed by atoms with van der Waals surface area (Å²) in [6, 6.07) is 4.93. The minimum absolute atomic E-state index is 0.110. The second kappa shape index (κ2) is 5.44. The SMILES string of the molecule is Cc1cc([C@](C)(C(=O)O)C2CCCC2)ccc1S(C)(=O)=O. The molecule has 1 fully saturated rings. The van der Waals surface area contributed by atoms with Crippen LogP contribution in [-0.4, -0.2) is 25.7 Å². The molecule has 1 aromatic carbocycles. The summed E-state index contributed by atoms with van der Waals surface area (Å²) in [5.74, 6) is -0.723. The first-order chi connectivity index (χ1) is 9.67. The van der Waals surface area contributed by atoms with Crippen LogP contribution in [-0.2, 0) is 20.0 Å². The van der Waals surface area contributed by atoms with Crippen LogP contribution >= 0.6 is 0 Å². The molecule has 5 heteroatoms. The largest absolute Gasteiger partial charge is 0.481 e. The number of carbonyl (C=O) groups is 1. The van der Waals surface area contributed by atoms with Crippen molar-refractivity contribution < 1.29 is 18.3 Å². The summed E-state index contributed by atoms with van der Waals surface area (Å²) < 4.78 is 23.4. The van der Waals surface area contributed by atoms with Crippen LogP contribution in [0.5, 0.6) is 0 Å². The number of carboxylic acid groups (broad SMARTS) is 1. The van der Waals surface area contributed by atoms with Crippen molar-refractivity contribution in [1.82, 2.24) is 0 Å². The predicted molar refractivity (Wildman–Crippen MR) is 81.2 cm³/mol. The molecule has 0 aromatic heterocycles. The molecule has 0 saturated heterocycles. The van der Waals surface area contributed by atoms with E-state index in [-0.39, 0.29) is 10.8 Å². The third kappa shape index (κ3) is 2.84. The molecule has 1 aromatic rings. The Hall–Kier alpha value is -1.36. The van der Waals surface area contributed by atoms with Gasteiger partial charge in [0.1, 0.15) is 0 Å². The number of hydrogen-bond acceptors (Lipinski definition) is 3. The Labute approximate surface area is 126 Å². The van der Waals surface area contributed by atoms with E-state index in [1.54, 1.807) is 26.0 Å². The van der Waals surface area contributed by atoms with Gasteiger partial charge in [-0.2, -0.15) is 0 Å². The molecule has 116 valence electrons. The van der Waals surface area contributed by atoms with Crippen LogP contribution in [0.15, 0.2) is 23.1 Å². The van der Waals surface area contributed by atoms with Crippen molar-refractivity contribution in [2.45, 2.75) is 49.8 Å². The number of sulfone groups is 1. The molecule has 21 heavy (non-hydrogen) atoms. The number of carboxylic acids is 1. The van der Waals surface area contributed by atoms with E-state index in [0.717, 1.165) is 25.7 Å². The van der Waals surface area contributed by atoms with Gasteiger partial charge in [0.25, 0.3) is 0 Å². The van der Waals surface area contributed by atoms with E-state index in [1.165, 1.54) is 12.3 Å². The maximum Gasteiger partial charge on any atom is 0.314 e. The van der Waals surface area contributed by atoms with Gasteiger partial charge in [0.15, 0.2) is 9.84 Å². The first-order valence-electron chi connectivity index (χ1n) is 7.22. The van der Waals surface area contributed by atoms with Crippen LogP contribution in [0.1, 0.15) is 43.7 Å². The Morgan fingerprint density at radius 1 is 1.29 bits per heavy atom. The third-order valence-corrected chi connectivity index (χ3v) is 6.05. The molecule has 1 atom stereocenters. The van der Waals surface area contributed by atoms with Crippen molar-refractivity contribution in [3.63, 3.8) is 0 Å². The lowest BCUT2D eigenvalue weighted by Crippen LogP contribution is -2.39. The summed E-state index contributed by atoms with van der Waals surface area (Å²) in [5.41, 5.74) is 0.365. The predicted octanol–water partition coefficient (Wildman–Crippen LogP) is 2.93. The average Bonchev–Trinajstić information content (AvgIpc) is 2.89. The number of aliphatic carboxylic acids is 1. The molecule has 1 saturated carbocycles. The highest BCUT2D eigenvalue weighted by Crippen LogP contribution is 2.43. The van der Waals surface area contributed by atoms with Crippen LogP contribution < -0.4 is 0 Å². The van der Waals surface area contributed by atoms with Gasteiger partial charge in [-0.05, 0) is 49.8 Å². The minimum Gasteiger partial charge on any atom is -0.481 e. The van der Waals surface area contributed by atoms with Gasteiger partial charge in [-0.1, -0.05) is 25.0 Å². The average molecular weight is 310 g/mol. The fraction of sp³-hybridized carbons (Fsp3) is 0.562. The van der Waals surface area contributed by atoms with Crippen LogP contribution in [0, 0.1) is 12.8 Å². The van der Waals surface area contributed by atoms with Crippen LogP contribution in [0.2, 0.25) is 0 Å². The van der Waals surface area contributed by atoms with Gasteiger partial charge < -0.3 is 5.11 Å². The normalized spacial score (nSPS) is 19.4. The van der Waals surface area contributed by atoms with Gasteiger partial charge >= 0.3 is 5.97 Å². The zero-order valence-corrected chi connectivity index (χ0v) is 13.5. The molecule has 4 nitrogen and oxygen atoms in total. The zero-order valence-electron chi connectivity index (χ0n) is 12.7. The maximum atomic E-state index is 11.9. The number of rotatable bonds is 4. The Morgan fingerprint density at radius 2 is 1.86 bits per heavy atom. The van der Waals surface area contributed by atoms with E-state index in [1.807, 2.05) is 0 Å². The van der Waals surface area contributed by atoms with Crippen LogP contribution in [0.4, 0.5) is 0 Å². The van der Waals surface area contributed by atoms with Gasteiger partial charge in [-0.3, -0.25) is 4.79 Å². The molecule has 0 radical (unpaired) electrons. The van der Waals surface area contributed by atoms with Crippen LogP contribution in [0.25, 0.3) is 0 Å². The van der Waals surface area contributed by atoms with Crippen molar-refractivity contribution in [3.05, 3.63) is 29.3 Å². The Balaban J connectivity index is 2.52. The fourth-order valence-electron chi connectivity index (χ4n) is 3.43. The summed E-state index contributed by atoms with van der Waals surface area (Å²) in [7, 11) is -3.28. The quantitative estimate of drug-likeness (QED) is 0.928. The molecule has 1 N–H and O–H groups in total.